The van der Waals surface area contributed by atoms with Crippen LogP contribution in [-0.4, -0.2) is 91.2 Å². The molecule has 0 rings (SSSR count). The van der Waals surface area contributed by atoms with E-state index in [2.05, 4.69) is 37.5 Å². The summed E-state index contributed by atoms with van der Waals surface area (Å²) in [4.78, 5) is 22.8. The van der Waals surface area contributed by atoms with Crippen molar-refractivity contribution >= 4 is 11.9 Å². The van der Waals surface area contributed by atoms with Gasteiger partial charge in [0.2, 0.25) is 0 Å². The van der Waals surface area contributed by atoms with Crippen molar-refractivity contribution in [3.05, 3.63) is 0 Å². The van der Waals surface area contributed by atoms with Gasteiger partial charge in [-0.15, -0.1) is 0 Å². The number of hydrogen-bond acceptors (Lipinski definition) is 9. The lowest BCUT2D eigenvalue weighted by molar-refractivity contribution is -0.139. The molecule has 9 heteroatoms. The van der Waals surface area contributed by atoms with Crippen LogP contribution in [0.3, 0.4) is 0 Å². The lowest BCUT2D eigenvalue weighted by atomic mass is 10.2. The van der Waals surface area contributed by atoms with Crippen LogP contribution in [0.25, 0.3) is 0 Å². The number of ether oxygens (including phenoxy) is 7. The zero-order valence-electron chi connectivity index (χ0n) is 22.8. The Morgan fingerprint density at radius 3 is 1.05 bits per heavy atom. The van der Waals surface area contributed by atoms with Crippen LogP contribution in [0.5, 0.6) is 0 Å². The lowest BCUT2D eigenvalue weighted by Gasteiger charge is -2.08. The van der Waals surface area contributed by atoms with Gasteiger partial charge in [0.15, 0.2) is 0 Å². The predicted octanol–water partition coefficient (Wildman–Crippen LogP) is 3.32. The highest BCUT2D eigenvalue weighted by molar-refractivity contribution is 5.88. The van der Waals surface area contributed by atoms with Crippen LogP contribution in [0.2, 0.25) is 0 Å². The third-order valence-corrected chi connectivity index (χ3v) is 4.60. The average Bonchev–Trinajstić information content (AvgIpc) is 2.89. The van der Waals surface area contributed by atoms with E-state index in [-0.39, 0.29) is 13.2 Å². The topological polar surface area (TPSA) is 98.8 Å². The minimum absolute atomic E-state index is 0.179. The highest BCUT2D eigenvalue weighted by Gasteiger charge is 1.98. The number of rotatable bonds is 24. The second kappa shape index (κ2) is 30.1. The molecular formula is C28H46O9. The van der Waals surface area contributed by atoms with Crippen LogP contribution in [0.15, 0.2) is 0 Å². The standard InChI is InChI=1S/C28H46O9/c1-3-5-7-9-11-13-27(29)36-25-23-34-21-19-32-17-15-31-16-18-33-20-22-35-24-26-37-28(30)14-12-10-8-6-4-2/h3-10,15-26H2,1-2H3. The maximum Gasteiger partial charge on any atom is 0.384 e. The molecule has 9 nitrogen and oxygen atoms in total. The minimum Gasteiger partial charge on any atom is -0.454 e. The summed E-state index contributed by atoms with van der Waals surface area (Å²) in [7, 11) is 0. The van der Waals surface area contributed by atoms with Crippen LogP contribution in [-0.2, 0) is 42.7 Å². The van der Waals surface area contributed by atoms with Crippen LogP contribution in [0.1, 0.15) is 65.2 Å². The van der Waals surface area contributed by atoms with Gasteiger partial charge in [0, 0.05) is 24.7 Å². The average molecular weight is 527 g/mol. The molecule has 0 aliphatic carbocycles. The molecule has 0 aliphatic heterocycles. The van der Waals surface area contributed by atoms with Crippen LogP contribution >= 0.6 is 0 Å². The molecule has 0 unspecified atom stereocenters. The van der Waals surface area contributed by atoms with Gasteiger partial charge in [-0.05, 0) is 12.8 Å². The molecule has 0 spiro atoms. The van der Waals surface area contributed by atoms with E-state index >= 15 is 0 Å². The lowest BCUT2D eigenvalue weighted by Crippen LogP contribution is -2.15. The van der Waals surface area contributed by atoms with Crippen molar-refractivity contribution in [1.29, 1.82) is 0 Å². The smallest absolute Gasteiger partial charge is 0.384 e. The summed E-state index contributed by atoms with van der Waals surface area (Å²) in [5, 5.41) is 0. The molecule has 0 bridgehead atoms. The molecule has 0 radical (unpaired) electrons. The summed E-state index contributed by atoms with van der Waals surface area (Å²) >= 11 is 0. The second-order valence-electron chi connectivity index (χ2n) is 7.85. The largest absolute Gasteiger partial charge is 0.454 e. The zero-order valence-corrected chi connectivity index (χ0v) is 22.8. The molecule has 0 aromatic carbocycles. The van der Waals surface area contributed by atoms with E-state index in [0.717, 1.165) is 51.4 Å². The van der Waals surface area contributed by atoms with Crippen molar-refractivity contribution in [3.8, 4) is 23.7 Å². The quantitative estimate of drug-likeness (QED) is 0.0812. The molecule has 0 fully saturated rings. The van der Waals surface area contributed by atoms with E-state index in [1.807, 2.05) is 0 Å². The molecule has 0 saturated carbocycles. The molecule has 0 amide bonds. The predicted molar refractivity (Wildman–Crippen MR) is 140 cm³/mol. The van der Waals surface area contributed by atoms with Gasteiger partial charge < -0.3 is 33.2 Å². The zero-order chi connectivity index (χ0) is 27.1. The van der Waals surface area contributed by atoms with E-state index in [1.165, 1.54) is 0 Å². The number of esters is 2. The van der Waals surface area contributed by atoms with E-state index in [9.17, 15) is 9.59 Å². The van der Waals surface area contributed by atoms with Gasteiger partial charge in [0.05, 0.1) is 66.1 Å². The van der Waals surface area contributed by atoms with Crippen LogP contribution in [0.4, 0.5) is 0 Å². The van der Waals surface area contributed by atoms with Crippen molar-refractivity contribution in [1.82, 2.24) is 0 Å². The first-order valence-electron chi connectivity index (χ1n) is 13.4. The van der Waals surface area contributed by atoms with E-state index < -0.39 is 11.9 Å². The molecule has 0 aromatic rings. The molecular weight excluding hydrogens is 480 g/mol. The fourth-order valence-electron chi connectivity index (χ4n) is 2.64. The molecule has 0 saturated heterocycles. The van der Waals surface area contributed by atoms with Gasteiger partial charge in [-0.1, -0.05) is 51.4 Å². The highest BCUT2D eigenvalue weighted by Crippen LogP contribution is 1.97. The maximum absolute atomic E-state index is 11.4. The van der Waals surface area contributed by atoms with Crippen LogP contribution < -0.4 is 0 Å². The summed E-state index contributed by atoms with van der Waals surface area (Å²) < 4.78 is 36.8. The molecule has 0 heterocycles. The molecule has 0 N–H and O–H groups in total. The Hall–Kier alpha value is -2.14. The van der Waals surface area contributed by atoms with E-state index in [4.69, 9.17) is 33.2 Å². The normalized spacial score (nSPS) is 10.2. The molecule has 212 valence electrons. The summed E-state index contributed by atoms with van der Waals surface area (Å²) in [6.45, 7) is 8.74. The van der Waals surface area contributed by atoms with Gasteiger partial charge in [-0.3, -0.25) is 0 Å². The Morgan fingerprint density at radius 1 is 0.459 bits per heavy atom. The third-order valence-electron chi connectivity index (χ3n) is 4.60. The second-order valence-corrected chi connectivity index (χ2v) is 7.85. The number of carbonyl (C=O) groups excluding carboxylic acids is 2. The Balaban J connectivity index is 3.25. The first-order valence-corrected chi connectivity index (χ1v) is 13.4. The van der Waals surface area contributed by atoms with Gasteiger partial charge >= 0.3 is 11.9 Å². The maximum atomic E-state index is 11.4. The summed E-state index contributed by atoms with van der Waals surface area (Å²) in [5.74, 6) is 9.55. The van der Waals surface area contributed by atoms with Gasteiger partial charge in [0.25, 0.3) is 0 Å². The summed E-state index contributed by atoms with van der Waals surface area (Å²) in [6.07, 6.45) is 7.96. The molecule has 0 atom stereocenters. The number of hydrogen-bond donors (Lipinski definition) is 0. The monoisotopic (exact) mass is 526 g/mol. The number of carbonyl (C=O) groups is 2. The van der Waals surface area contributed by atoms with Crippen molar-refractivity contribution in [3.63, 3.8) is 0 Å². The molecule has 0 aliphatic rings. The van der Waals surface area contributed by atoms with Crippen molar-refractivity contribution < 1.29 is 42.7 Å². The van der Waals surface area contributed by atoms with Gasteiger partial charge in [0.1, 0.15) is 13.2 Å². The molecule has 0 aromatic heterocycles. The first-order chi connectivity index (χ1) is 18.2. The van der Waals surface area contributed by atoms with Gasteiger partial charge in [-0.2, -0.15) is 0 Å². The third kappa shape index (κ3) is 30.0. The van der Waals surface area contributed by atoms with E-state index in [1.54, 1.807) is 0 Å². The van der Waals surface area contributed by atoms with E-state index in [0.29, 0.717) is 66.1 Å². The first kappa shape index (κ1) is 34.9. The fourth-order valence-corrected chi connectivity index (χ4v) is 2.64. The Labute approximate surface area is 223 Å². The van der Waals surface area contributed by atoms with Crippen LogP contribution in [0, 0.1) is 23.7 Å². The minimum atomic E-state index is -0.512. The van der Waals surface area contributed by atoms with Gasteiger partial charge in [-0.25, -0.2) is 9.59 Å². The van der Waals surface area contributed by atoms with Crippen molar-refractivity contribution in [2.24, 2.45) is 0 Å². The Morgan fingerprint density at radius 2 is 0.757 bits per heavy atom. The Kier molecular flexibility index (Phi) is 28.3. The SMILES string of the molecule is CCCCCC#CC(=O)OCCOCCOCCOCCOCCOCCOC(=O)C#CCCCCC. The summed E-state index contributed by atoms with van der Waals surface area (Å²) in [6, 6.07) is 0. The Bertz CT molecular complexity index is 602. The fraction of sp³-hybridized carbons (Fsp3) is 0.786. The van der Waals surface area contributed by atoms with Crippen molar-refractivity contribution in [2.75, 3.05) is 79.3 Å². The molecule has 37 heavy (non-hydrogen) atoms. The number of unbranched alkanes of at least 4 members (excludes halogenated alkanes) is 6. The van der Waals surface area contributed by atoms with Crippen molar-refractivity contribution in [2.45, 2.75) is 65.2 Å². The highest BCUT2D eigenvalue weighted by atomic mass is 16.6. The summed E-state index contributed by atoms with van der Waals surface area (Å²) in [5.41, 5.74) is 0.